The van der Waals surface area contributed by atoms with Gasteiger partial charge in [-0.2, -0.15) is 4.31 Å². The van der Waals surface area contributed by atoms with E-state index in [1.807, 2.05) is 49.3 Å². The van der Waals surface area contributed by atoms with Crippen molar-refractivity contribution in [2.45, 2.75) is 11.4 Å². The molecule has 1 aromatic heterocycles. The number of rotatable bonds is 7. The van der Waals surface area contributed by atoms with E-state index in [4.69, 9.17) is 11.6 Å². The van der Waals surface area contributed by atoms with E-state index in [0.717, 1.165) is 5.56 Å². The van der Waals surface area contributed by atoms with Crippen molar-refractivity contribution in [3.8, 4) is 0 Å². The lowest BCUT2D eigenvalue weighted by atomic mass is 10.2. The highest BCUT2D eigenvalue weighted by atomic mass is 35.5. The number of sulfonamides is 1. The van der Waals surface area contributed by atoms with Crippen LogP contribution in [0.1, 0.15) is 5.56 Å². The quantitative estimate of drug-likeness (QED) is 0.807. The summed E-state index contributed by atoms with van der Waals surface area (Å²) < 4.78 is 27.3. The molecule has 0 aliphatic carbocycles. The SMILES string of the molecule is CN(C)CCN(Cc1ccccc1)S(=O)(=O)c1c[nH]c(=O)c(Cl)c1. The van der Waals surface area contributed by atoms with Crippen molar-refractivity contribution in [1.82, 2.24) is 14.2 Å². The summed E-state index contributed by atoms with van der Waals surface area (Å²) in [6.07, 6.45) is 1.18. The summed E-state index contributed by atoms with van der Waals surface area (Å²) in [4.78, 5) is 15.6. The number of pyridine rings is 1. The van der Waals surface area contributed by atoms with Gasteiger partial charge in [0, 0.05) is 25.8 Å². The van der Waals surface area contributed by atoms with E-state index in [9.17, 15) is 13.2 Å². The first-order valence-corrected chi connectivity index (χ1v) is 9.19. The summed E-state index contributed by atoms with van der Waals surface area (Å²) in [5.74, 6) is 0. The normalized spacial score (nSPS) is 12.0. The number of hydrogen-bond donors (Lipinski definition) is 1. The summed E-state index contributed by atoms with van der Waals surface area (Å²) in [6.45, 7) is 1.14. The molecule has 0 spiro atoms. The van der Waals surface area contributed by atoms with Crippen LogP contribution in [-0.4, -0.2) is 49.8 Å². The molecule has 0 atom stereocenters. The number of nitrogens with zero attached hydrogens (tertiary/aromatic N) is 2. The minimum Gasteiger partial charge on any atom is -0.326 e. The van der Waals surface area contributed by atoms with Crippen LogP contribution in [0.4, 0.5) is 0 Å². The van der Waals surface area contributed by atoms with E-state index in [1.165, 1.54) is 16.6 Å². The molecule has 1 N–H and O–H groups in total. The van der Waals surface area contributed by atoms with Crippen molar-refractivity contribution < 1.29 is 8.42 Å². The van der Waals surface area contributed by atoms with Gasteiger partial charge in [-0.05, 0) is 25.7 Å². The maximum Gasteiger partial charge on any atom is 0.266 e. The van der Waals surface area contributed by atoms with Crippen molar-refractivity contribution in [2.24, 2.45) is 0 Å². The lowest BCUT2D eigenvalue weighted by Crippen LogP contribution is -2.36. The zero-order valence-corrected chi connectivity index (χ0v) is 15.1. The standard InChI is InChI=1S/C16H20ClN3O3S/c1-19(2)8-9-20(12-13-6-4-3-5-7-13)24(22,23)14-10-15(17)16(21)18-11-14/h3-7,10-11H,8-9,12H2,1-2H3,(H,18,21). The molecular formula is C16H20ClN3O3S. The third-order valence-electron chi connectivity index (χ3n) is 3.47. The lowest BCUT2D eigenvalue weighted by Gasteiger charge is -2.24. The van der Waals surface area contributed by atoms with Crippen LogP contribution in [0.2, 0.25) is 5.02 Å². The molecule has 6 nitrogen and oxygen atoms in total. The highest BCUT2D eigenvalue weighted by Gasteiger charge is 2.25. The number of likely N-dealkylation sites (N-methyl/N-ethyl adjacent to an activating group) is 1. The number of hydrogen-bond acceptors (Lipinski definition) is 4. The molecule has 1 aromatic carbocycles. The molecule has 0 aliphatic heterocycles. The number of aromatic nitrogens is 1. The van der Waals surface area contributed by atoms with Crippen LogP contribution in [0.3, 0.4) is 0 Å². The predicted octanol–water partition coefficient (Wildman–Crippen LogP) is 1.78. The van der Waals surface area contributed by atoms with Gasteiger partial charge < -0.3 is 9.88 Å². The highest BCUT2D eigenvalue weighted by Crippen LogP contribution is 2.19. The van der Waals surface area contributed by atoms with Gasteiger partial charge in [-0.3, -0.25) is 4.79 Å². The van der Waals surface area contributed by atoms with Crippen LogP contribution in [0.15, 0.2) is 52.3 Å². The summed E-state index contributed by atoms with van der Waals surface area (Å²) in [6, 6.07) is 10.5. The Bertz CT molecular complexity index is 835. The average Bonchev–Trinajstić information content (AvgIpc) is 2.54. The fourth-order valence-corrected chi connectivity index (χ4v) is 3.77. The van der Waals surface area contributed by atoms with Crippen LogP contribution in [0.25, 0.3) is 0 Å². The van der Waals surface area contributed by atoms with Gasteiger partial charge >= 0.3 is 0 Å². The molecule has 130 valence electrons. The zero-order valence-electron chi connectivity index (χ0n) is 13.6. The van der Waals surface area contributed by atoms with Gasteiger partial charge in [-0.1, -0.05) is 41.9 Å². The van der Waals surface area contributed by atoms with Crippen molar-refractivity contribution in [2.75, 3.05) is 27.2 Å². The second-order valence-corrected chi connectivity index (χ2v) is 7.99. The Morgan fingerprint density at radius 2 is 1.79 bits per heavy atom. The second kappa shape index (κ2) is 7.94. The first-order chi connectivity index (χ1) is 11.3. The van der Waals surface area contributed by atoms with Gasteiger partial charge in [-0.25, -0.2) is 8.42 Å². The molecule has 0 bridgehead atoms. The number of benzene rings is 1. The van der Waals surface area contributed by atoms with Crippen LogP contribution in [0, 0.1) is 0 Å². The number of H-pyrrole nitrogens is 1. The minimum atomic E-state index is -3.78. The van der Waals surface area contributed by atoms with Gasteiger partial charge in [0.2, 0.25) is 10.0 Å². The molecule has 0 amide bonds. The summed E-state index contributed by atoms with van der Waals surface area (Å²) in [5.41, 5.74) is 0.369. The number of halogens is 1. The average molecular weight is 370 g/mol. The van der Waals surface area contributed by atoms with Crippen molar-refractivity contribution in [1.29, 1.82) is 0 Å². The molecule has 0 fully saturated rings. The first kappa shape index (κ1) is 18.7. The van der Waals surface area contributed by atoms with E-state index in [2.05, 4.69) is 4.98 Å². The van der Waals surface area contributed by atoms with Gasteiger partial charge in [-0.15, -0.1) is 0 Å². The second-order valence-electron chi connectivity index (χ2n) is 5.64. The number of aromatic amines is 1. The zero-order chi connectivity index (χ0) is 17.7. The Labute approximate surface area is 146 Å². The Balaban J connectivity index is 2.36. The smallest absolute Gasteiger partial charge is 0.266 e. The van der Waals surface area contributed by atoms with Crippen molar-refractivity contribution in [3.63, 3.8) is 0 Å². The lowest BCUT2D eigenvalue weighted by molar-refractivity contribution is 0.329. The minimum absolute atomic E-state index is 0.0261. The maximum absolute atomic E-state index is 12.9. The van der Waals surface area contributed by atoms with Crippen LogP contribution in [0.5, 0.6) is 0 Å². The van der Waals surface area contributed by atoms with Gasteiger partial charge in [0.05, 0.1) is 4.90 Å². The van der Waals surface area contributed by atoms with Crippen LogP contribution < -0.4 is 5.56 Å². The van der Waals surface area contributed by atoms with E-state index in [1.54, 1.807) is 0 Å². The molecule has 0 saturated carbocycles. The third kappa shape index (κ3) is 4.67. The van der Waals surface area contributed by atoms with Crippen molar-refractivity contribution >= 4 is 21.6 Å². The molecule has 1 heterocycles. The van der Waals surface area contributed by atoms with Crippen LogP contribution >= 0.6 is 11.6 Å². The Morgan fingerprint density at radius 3 is 2.38 bits per heavy atom. The van der Waals surface area contributed by atoms with E-state index in [-0.39, 0.29) is 16.5 Å². The molecular weight excluding hydrogens is 350 g/mol. The molecule has 0 aliphatic rings. The van der Waals surface area contributed by atoms with Crippen LogP contribution in [-0.2, 0) is 16.6 Å². The molecule has 8 heteroatoms. The Kier molecular flexibility index (Phi) is 6.17. The summed E-state index contributed by atoms with van der Waals surface area (Å²) in [5, 5.41) is -0.150. The molecule has 2 rings (SSSR count). The van der Waals surface area contributed by atoms with Gasteiger partial charge in [0.25, 0.3) is 5.56 Å². The van der Waals surface area contributed by atoms with E-state index in [0.29, 0.717) is 13.1 Å². The largest absolute Gasteiger partial charge is 0.326 e. The Hall–Kier alpha value is -1.67. The van der Waals surface area contributed by atoms with Gasteiger partial charge in [0.1, 0.15) is 5.02 Å². The van der Waals surface area contributed by atoms with E-state index < -0.39 is 15.6 Å². The molecule has 2 aromatic rings. The fraction of sp³-hybridized carbons (Fsp3) is 0.312. The molecule has 0 unspecified atom stereocenters. The van der Waals surface area contributed by atoms with Gasteiger partial charge in [0.15, 0.2) is 0 Å². The van der Waals surface area contributed by atoms with Crippen molar-refractivity contribution in [3.05, 3.63) is 63.5 Å². The predicted molar refractivity (Wildman–Crippen MR) is 94.7 cm³/mol. The summed E-state index contributed by atoms with van der Waals surface area (Å²) in [7, 11) is -0.0238. The highest BCUT2D eigenvalue weighted by molar-refractivity contribution is 7.89. The topological polar surface area (TPSA) is 73.5 Å². The fourth-order valence-electron chi connectivity index (χ4n) is 2.12. The van der Waals surface area contributed by atoms with E-state index >= 15 is 0 Å². The number of nitrogens with one attached hydrogen (secondary N) is 1. The molecule has 0 saturated heterocycles. The third-order valence-corrected chi connectivity index (χ3v) is 5.57. The maximum atomic E-state index is 12.9. The molecule has 0 radical (unpaired) electrons. The molecule has 24 heavy (non-hydrogen) atoms. The first-order valence-electron chi connectivity index (χ1n) is 7.38. The monoisotopic (exact) mass is 369 g/mol. The Morgan fingerprint density at radius 1 is 1.12 bits per heavy atom. The summed E-state index contributed by atoms with van der Waals surface area (Å²) >= 11 is 5.78.